The highest BCUT2D eigenvalue weighted by molar-refractivity contribution is 6.27. The van der Waals surface area contributed by atoms with Gasteiger partial charge in [0.05, 0.1) is 0 Å². The first-order chi connectivity index (χ1) is 10.9. The molecule has 2 nitrogen and oxygen atoms in total. The first kappa shape index (κ1) is 11.9. The van der Waals surface area contributed by atoms with Gasteiger partial charge in [-0.3, -0.25) is 4.48 Å². The van der Waals surface area contributed by atoms with Crippen LogP contribution < -0.4 is 4.48 Å². The van der Waals surface area contributed by atoms with Gasteiger partial charge in [-0.2, -0.15) is 0 Å². The third-order valence-corrected chi connectivity index (χ3v) is 4.49. The molecule has 1 radical (unpaired) electrons. The molecule has 0 atom stereocenters. The summed E-state index contributed by atoms with van der Waals surface area (Å²) < 4.78 is 2.31. The van der Waals surface area contributed by atoms with Crippen LogP contribution in [0.5, 0.6) is 0 Å². The normalized spacial score (nSPS) is 12.7. The predicted octanol–water partition coefficient (Wildman–Crippen LogP) is 3.32. The maximum Gasteiger partial charge on any atom is 0.545 e. The van der Waals surface area contributed by atoms with Crippen molar-refractivity contribution in [2.45, 2.75) is 6.32 Å². The van der Waals surface area contributed by atoms with Gasteiger partial charge >= 0.3 is 7.41 Å². The van der Waals surface area contributed by atoms with Gasteiger partial charge in [0.25, 0.3) is 0 Å². The van der Waals surface area contributed by atoms with E-state index >= 15 is 0 Å². The summed E-state index contributed by atoms with van der Waals surface area (Å²) in [5, 5.41) is 2.41. The monoisotopic (exact) mass is 280 g/mol. The first-order valence-corrected chi connectivity index (χ1v) is 7.55. The summed E-state index contributed by atoms with van der Waals surface area (Å²) in [5.74, 6) is 0. The quantitative estimate of drug-likeness (QED) is 0.356. The molecule has 101 valence electrons. The highest BCUT2D eigenvalue weighted by Crippen LogP contribution is 2.28. The van der Waals surface area contributed by atoms with E-state index < -0.39 is 0 Å². The zero-order valence-corrected chi connectivity index (χ0v) is 12.0. The molecule has 2 aromatic heterocycles. The van der Waals surface area contributed by atoms with E-state index in [1.807, 2.05) is 12.3 Å². The van der Waals surface area contributed by atoms with Gasteiger partial charge < -0.3 is 0 Å². The summed E-state index contributed by atoms with van der Waals surface area (Å²) in [7, 11) is 2.27. The van der Waals surface area contributed by atoms with E-state index in [1.165, 1.54) is 33.1 Å². The van der Waals surface area contributed by atoms with Crippen molar-refractivity contribution < 1.29 is 4.48 Å². The summed E-state index contributed by atoms with van der Waals surface area (Å²) in [5.41, 5.74) is 6.21. The van der Waals surface area contributed by atoms with Crippen molar-refractivity contribution in [3.05, 3.63) is 72.4 Å². The SMILES string of the molecule is [B]1Cc2ccccc2-c2ccc3ccc4cccnc4c3[n+]21. The second kappa shape index (κ2) is 4.41. The Kier molecular flexibility index (Phi) is 2.39. The third kappa shape index (κ3) is 1.56. The first-order valence-electron chi connectivity index (χ1n) is 7.55. The molecule has 0 fully saturated rings. The Morgan fingerprint density at radius 3 is 2.73 bits per heavy atom. The van der Waals surface area contributed by atoms with E-state index in [1.54, 1.807) is 0 Å². The lowest BCUT2D eigenvalue weighted by atomic mass is 9.76. The molecule has 0 spiro atoms. The van der Waals surface area contributed by atoms with Crippen LogP contribution in [0.25, 0.3) is 33.1 Å². The van der Waals surface area contributed by atoms with E-state index in [9.17, 15) is 0 Å². The number of hydrogen-bond donors (Lipinski definition) is 0. The van der Waals surface area contributed by atoms with E-state index in [0.717, 1.165) is 11.8 Å². The number of fused-ring (bicyclic) bond motifs is 7. The maximum atomic E-state index is 4.63. The molecule has 0 N–H and O–H groups in total. The molecule has 22 heavy (non-hydrogen) atoms. The van der Waals surface area contributed by atoms with Gasteiger partial charge in [-0.05, 0) is 29.8 Å². The van der Waals surface area contributed by atoms with E-state index in [-0.39, 0.29) is 0 Å². The fourth-order valence-electron chi connectivity index (χ4n) is 3.45. The van der Waals surface area contributed by atoms with Crippen LogP contribution in [0.1, 0.15) is 5.56 Å². The molecule has 4 aromatic rings. The number of rotatable bonds is 0. The summed E-state index contributed by atoms with van der Waals surface area (Å²) in [4.78, 5) is 4.63. The lowest BCUT2D eigenvalue weighted by Gasteiger charge is -2.15. The van der Waals surface area contributed by atoms with Gasteiger partial charge in [0.1, 0.15) is 5.52 Å². The molecule has 0 unspecified atom stereocenters. The van der Waals surface area contributed by atoms with Gasteiger partial charge in [-0.25, -0.2) is 4.98 Å². The molecule has 3 heteroatoms. The van der Waals surface area contributed by atoms with Crippen molar-refractivity contribution in [3.63, 3.8) is 0 Å². The minimum atomic E-state index is 0.955. The molecule has 5 rings (SSSR count). The van der Waals surface area contributed by atoms with Crippen molar-refractivity contribution >= 4 is 29.2 Å². The van der Waals surface area contributed by atoms with Crippen LogP contribution in [-0.4, -0.2) is 12.4 Å². The van der Waals surface area contributed by atoms with Gasteiger partial charge in [-0.15, -0.1) is 0 Å². The van der Waals surface area contributed by atoms with Crippen molar-refractivity contribution in [3.8, 4) is 11.3 Å². The van der Waals surface area contributed by atoms with Crippen molar-refractivity contribution in [1.29, 1.82) is 0 Å². The molecule has 0 aliphatic carbocycles. The fourth-order valence-corrected chi connectivity index (χ4v) is 3.45. The summed E-state index contributed by atoms with van der Waals surface area (Å²) in [6.45, 7) is 0. The van der Waals surface area contributed by atoms with Gasteiger partial charge in [0, 0.05) is 34.9 Å². The molecule has 2 aromatic carbocycles. The molecule has 1 aliphatic rings. The lowest BCUT2D eigenvalue weighted by molar-refractivity contribution is -0.487. The number of pyridine rings is 2. The lowest BCUT2D eigenvalue weighted by Crippen LogP contribution is -2.47. The highest BCUT2D eigenvalue weighted by Gasteiger charge is 2.28. The molecule has 0 saturated carbocycles. The molecular formula is C19H13BN2+. The van der Waals surface area contributed by atoms with E-state index in [4.69, 9.17) is 0 Å². The van der Waals surface area contributed by atoms with Crippen LogP contribution in [0.15, 0.2) is 66.9 Å². The van der Waals surface area contributed by atoms with Crippen LogP contribution in [0.2, 0.25) is 0 Å². The molecule has 1 aliphatic heterocycles. The number of benzene rings is 2. The summed E-state index contributed by atoms with van der Waals surface area (Å²) in [6, 6.07) is 21.5. The van der Waals surface area contributed by atoms with Gasteiger partial charge in [0.2, 0.25) is 5.52 Å². The Hall–Kier alpha value is -2.68. The fraction of sp³-hybridized carbons (Fsp3) is 0.0526. The Morgan fingerprint density at radius 1 is 0.864 bits per heavy atom. The van der Waals surface area contributed by atoms with Crippen LogP contribution >= 0.6 is 0 Å². The minimum absolute atomic E-state index is 0.955. The minimum Gasteiger partial charge on any atom is -0.275 e. The molecule has 3 heterocycles. The molecule has 0 bridgehead atoms. The van der Waals surface area contributed by atoms with Crippen LogP contribution in [-0.2, 0) is 6.32 Å². The largest absolute Gasteiger partial charge is 0.545 e. The second-order valence-electron chi connectivity index (χ2n) is 5.71. The van der Waals surface area contributed by atoms with E-state index in [2.05, 4.69) is 71.5 Å². The third-order valence-electron chi connectivity index (χ3n) is 4.49. The standard InChI is InChI=1S/C19H13BN2/c1-2-6-16-15(4-1)12-20-22-17(16)10-9-14-8-7-13-5-3-11-21-18(13)19(14)22/h1-11H,12H2/q+1. The van der Waals surface area contributed by atoms with Gasteiger partial charge in [0.15, 0.2) is 5.69 Å². The molecule has 0 saturated heterocycles. The second-order valence-corrected chi connectivity index (χ2v) is 5.71. The topological polar surface area (TPSA) is 16.8 Å². The average molecular weight is 280 g/mol. The highest BCUT2D eigenvalue weighted by atomic mass is 14.9. The molecular weight excluding hydrogens is 267 g/mol. The zero-order valence-electron chi connectivity index (χ0n) is 12.0. The number of nitrogens with zero attached hydrogens (tertiary/aromatic N) is 2. The van der Waals surface area contributed by atoms with Crippen LogP contribution in [0.3, 0.4) is 0 Å². The van der Waals surface area contributed by atoms with Crippen molar-refractivity contribution in [2.75, 3.05) is 0 Å². The van der Waals surface area contributed by atoms with Crippen molar-refractivity contribution in [1.82, 2.24) is 4.98 Å². The zero-order chi connectivity index (χ0) is 14.5. The number of hydrogen-bond acceptors (Lipinski definition) is 1. The molecule has 0 amide bonds. The van der Waals surface area contributed by atoms with Crippen LogP contribution in [0.4, 0.5) is 0 Å². The Morgan fingerprint density at radius 2 is 1.73 bits per heavy atom. The average Bonchev–Trinajstić information content (AvgIpc) is 2.60. The predicted molar refractivity (Wildman–Crippen MR) is 89.7 cm³/mol. The maximum absolute atomic E-state index is 4.63. The Balaban J connectivity index is 1.96. The van der Waals surface area contributed by atoms with Crippen LogP contribution in [0, 0.1) is 0 Å². The summed E-state index contributed by atoms with van der Waals surface area (Å²) in [6.07, 6.45) is 2.83. The van der Waals surface area contributed by atoms with Gasteiger partial charge in [-0.1, -0.05) is 30.3 Å². The summed E-state index contributed by atoms with van der Waals surface area (Å²) >= 11 is 0. The Bertz CT molecular complexity index is 1040. The Labute approximate surface area is 129 Å². The smallest absolute Gasteiger partial charge is 0.275 e. The number of aromatic nitrogens is 2. The van der Waals surface area contributed by atoms with E-state index in [0.29, 0.717) is 0 Å². The van der Waals surface area contributed by atoms with Crippen molar-refractivity contribution in [2.24, 2.45) is 0 Å².